The summed E-state index contributed by atoms with van der Waals surface area (Å²) in [6, 6.07) is 16.5. The number of aromatic nitrogens is 1. The minimum Gasteiger partial charge on any atom is -0.486 e. The third-order valence-corrected chi connectivity index (χ3v) is 4.26. The molecule has 1 heterocycles. The molecule has 0 bridgehead atoms. The minimum atomic E-state index is 0.528. The Morgan fingerprint density at radius 1 is 1.05 bits per heavy atom. The summed E-state index contributed by atoms with van der Waals surface area (Å²) in [5, 5.41) is 1.01. The van der Waals surface area contributed by atoms with Crippen LogP contribution < -0.4 is 4.74 Å². The molecule has 3 aromatic rings. The predicted molar refractivity (Wildman–Crippen MR) is 84.5 cm³/mol. The highest BCUT2D eigenvalue weighted by atomic mass is 32.1. The highest BCUT2D eigenvalue weighted by molar-refractivity contribution is 7.18. The normalized spacial score (nSPS) is 11.2. The van der Waals surface area contributed by atoms with Crippen molar-refractivity contribution in [3.63, 3.8) is 0 Å². The van der Waals surface area contributed by atoms with Gasteiger partial charge in [-0.15, -0.1) is 11.3 Å². The Bertz CT molecular complexity index is 667. The van der Waals surface area contributed by atoms with Gasteiger partial charge in [0.25, 0.3) is 0 Å². The molecule has 3 rings (SSSR count). The van der Waals surface area contributed by atoms with Crippen molar-refractivity contribution in [2.75, 3.05) is 0 Å². The molecule has 0 radical (unpaired) electrons. The molecule has 0 unspecified atom stereocenters. The van der Waals surface area contributed by atoms with E-state index in [1.807, 2.05) is 30.3 Å². The van der Waals surface area contributed by atoms with Crippen molar-refractivity contribution in [3.8, 4) is 5.75 Å². The zero-order chi connectivity index (χ0) is 13.9. The van der Waals surface area contributed by atoms with Crippen LogP contribution in [0.3, 0.4) is 0 Å². The second kappa shape index (κ2) is 5.63. The maximum atomic E-state index is 5.80. The third-order valence-electron chi connectivity index (χ3n) is 3.25. The van der Waals surface area contributed by atoms with Crippen LogP contribution in [-0.4, -0.2) is 4.98 Å². The maximum Gasteiger partial charge on any atom is 0.140 e. The van der Waals surface area contributed by atoms with Crippen molar-refractivity contribution in [3.05, 3.63) is 59.1 Å². The van der Waals surface area contributed by atoms with Gasteiger partial charge < -0.3 is 4.74 Å². The van der Waals surface area contributed by atoms with Crippen LogP contribution in [-0.2, 0) is 6.61 Å². The smallest absolute Gasteiger partial charge is 0.140 e. The fourth-order valence-corrected chi connectivity index (χ4v) is 2.96. The molecule has 0 spiro atoms. The number of rotatable bonds is 4. The van der Waals surface area contributed by atoms with Gasteiger partial charge in [0, 0.05) is 0 Å². The van der Waals surface area contributed by atoms with E-state index in [-0.39, 0.29) is 0 Å². The van der Waals surface area contributed by atoms with E-state index >= 15 is 0 Å². The van der Waals surface area contributed by atoms with Crippen LogP contribution in [0.25, 0.3) is 10.2 Å². The number of benzene rings is 2. The Labute approximate surface area is 123 Å². The predicted octanol–water partition coefficient (Wildman–Crippen LogP) is 5.00. The van der Waals surface area contributed by atoms with E-state index < -0.39 is 0 Å². The van der Waals surface area contributed by atoms with E-state index in [4.69, 9.17) is 4.74 Å². The van der Waals surface area contributed by atoms with E-state index in [1.54, 1.807) is 11.3 Å². The van der Waals surface area contributed by atoms with Gasteiger partial charge in [0.15, 0.2) is 0 Å². The summed E-state index contributed by atoms with van der Waals surface area (Å²) in [4.78, 5) is 4.57. The number of hydrogen-bond donors (Lipinski definition) is 0. The number of para-hydroxylation sites is 1. The van der Waals surface area contributed by atoms with Crippen LogP contribution in [0, 0.1) is 0 Å². The first kappa shape index (κ1) is 13.1. The van der Waals surface area contributed by atoms with Crippen LogP contribution in [0.5, 0.6) is 5.75 Å². The molecule has 102 valence electrons. The number of thiazole rings is 1. The van der Waals surface area contributed by atoms with Gasteiger partial charge in [0.05, 0.1) is 10.2 Å². The highest BCUT2D eigenvalue weighted by Gasteiger charge is 2.04. The van der Waals surface area contributed by atoms with E-state index in [0.29, 0.717) is 12.5 Å². The first-order valence-corrected chi connectivity index (χ1v) is 7.61. The van der Waals surface area contributed by atoms with E-state index in [9.17, 15) is 0 Å². The third kappa shape index (κ3) is 2.83. The topological polar surface area (TPSA) is 22.1 Å². The molecule has 0 N–H and O–H groups in total. The Morgan fingerprint density at radius 2 is 1.80 bits per heavy atom. The molecule has 0 saturated heterocycles. The van der Waals surface area contributed by atoms with E-state index in [2.05, 4.69) is 37.0 Å². The summed E-state index contributed by atoms with van der Waals surface area (Å²) in [6.07, 6.45) is 0. The molecular weight excluding hydrogens is 266 g/mol. The summed E-state index contributed by atoms with van der Waals surface area (Å²) in [5.74, 6) is 1.45. The zero-order valence-corrected chi connectivity index (χ0v) is 12.5. The van der Waals surface area contributed by atoms with Gasteiger partial charge in [-0.25, -0.2) is 4.98 Å². The summed E-state index contributed by atoms with van der Waals surface area (Å²) in [7, 11) is 0. The molecule has 0 fully saturated rings. The van der Waals surface area contributed by atoms with Gasteiger partial charge in [-0.3, -0.25) is 0 Å². The van der Waals surface area contributed by atoms with Gasteiger partial charge in [0.1, 0.15) is 17.4 Å². The lowest BCUT2D eigenvalue weighted by Gasteiger charge is -2.07. The molecule has 0 aliphatic carbocycles. The van der Waals surface area contributed by atoms with Crippen molar-refractivity contribution in [2.45, 2.75) is 26.4 Å². The molecule has 0 atom stereocenters. The van der Waals surface area contributed by atoms with E-state index in [1.165, 1.54) is 10.3 Å². The van der Waals surface area contributed by atoms with Gasteiger partial charge in [-0.1, -0.05) is 38.1 Å². The zero-order valence-electron chi connectivity index (χ0n) is 11.7. The second-order valence-corrected chi connectivity index (χ2v) is 6.20. The molecule has 3 heteroatoms. The molecular formula is C17H17NOS. The van der Waals surface area contributed by atoms with Crippen molar-refractivity contribution >= 4 is 21.6 Å². The molecule has 0 aliphatic rings. The Balaban J connectivity index is 1.69. The number of hydrogen-bond acceptors (Lipinski definition) is 3. The maximum absolute atomic E-state index is 5.80. The average molecular weight is 283 g/mol. The van der Waals surface area contributed by atoms with Crippen LogP contribution in [0.4, 0.5) is 0 Å². The van der Waals surface area contributed by atoms with Crippen molar-refractivity contribution in [2.24, 2.45) is 0 Å². The van der Waals surface area contributed by atoms with Crippen LogP contribution in [0.2, 0.25) is 0 Å². The van der Waals surface area contributed by atoms with Gasteiger partial charge in [0.2, 0.25) is 0 Å². The summed E-state index contributed by atoms with van der Waals surface area (Å²) in [6.45, 7) is 4.91. The first-order chi connectivity index (χ1) is 9.72. The van der Waals surface area contributed by atoms with Crippen molar-refractivity contribution in [1.29, 1.82) is 0 Å². The lowest BCUT2D eigenvalue weighted by atomic mass is 10.0. The molecule has 0 amide bonds. The lowest BCUT2D eigenvalue weighted by Crippen LogP contribution is -1.95. The largest absolute Gasteiger partial charge is 0.486 e. The number of nitrogens with zero attached hydrogens (tertiary/aromatic N) is 1. The quantitative estimate of drug-likeness (QED) is 0.672. The standard InChI is InChI=1S/C17H17NOS/c1-12(2)13-7-9-14(10-8-13)19-11-17-18-15-5-3-4-6-16(15)20-17/h3-10,12H,11H2,1-2H3. The lowest BCUT2D eigenvalue weighted by molar-refractivity contribution is 0.305. The summed E-state index contributed by atoms with van der Waals surface area (Å²) < 4.78 is 7.01. The van der Waals surface area contributed by atoms with Crippen LogP contribution in [0.15, 0.2) is 48.5 Å². The molecule has 0 aliphatic heterocycles. The van der Waals surface area contributed by atoms with Gasteiger partial charge >= 0.3 is 0 Å². The average Bonchev–Trinajstić information content (AvgIpc) is 2.88. The molecule has 2 nitrogen and oxygen atoms in total. The Kier molecular flexibility index (Phi) is 3.70. The van der Waals surface area contributed by atoms with Crippen molar-refractivity contribution in [1.82, 2.24) is 4.98 Å². The van der Waals surface area contributed by atoms with Gasteiger partial charge in [-0.2, -0.15) is 0 Å². The van der Waals surface area contributed by atoms with Crippen LogP contribution in [0.1, 0.15) is 30.3 Å². The second-order valence-electron chi connectivity index (χ2n) is 5.09. The SMILES string of the molecule is CC(C)c1ccc(OCc2nc3ccccc3s2)cc1. The summed E-state index contributed by atoms with van der Waals surface area (Å²) >= 11 is 1.69. The fraction of sp³-hybridized carbons (Fsp3) is 0.235. The first-order valence-electron chi connectivity index (χ1n) is 6.79. The molecule has 0 saturated carbocycles. The number of ether oxygens (including phenoxy) is 1. The van der Waals surface area contributed by atoms with Crippen molar-refractivity contribution < 1.29 is 4.74 Å². The fourth-order valence-electron chi connectivity index (χ4n) is 2.08. The Hall–Kier alpha value is -1.87. The highest BCUT2D eigenvalue weighted by Crippen LogP contribution is 2.23. The molecule has 2 aromatic carbocycles. The molecule has 1 aromatic heterocycles. The van der Waals surface area contributed by atoms with E-state index in [0.717, 1.165) is 16.3 Å². The monoisotopic (exact) mass is 283 g/mol. The Morgan fingerprint density at radius 3 is 2.50 bits per heavy atom. The van der Waals surface area contributed by atoms with Gasteiger partial charge in [-0.05, 0) is 35.7 Å². The number of fused-ring (bicyclic) bond motifs is 1. The summed E-state index contributed by atoms with van der Waals surface area (Å²) in [5.41, 5.74) is 2.38. The van der Waals surface area contributed by atoms with Crippen LogP contribution >= 0.6 is 11.3 Å². The minimum absolute atomic E-state index is 0.528. The molecule has 20 heavy (non-hydrogen) atoms.